The lowest BCUT2D eigenvalue weighted by Crippen LogP contribution is -2.45. The van der Waals surface area contributed by atoms with Gasteiger partial charge in [-0.2, -0.15) is 0 Å². The molecule has 0 aromatic carbocycles. The maximum atomic E-state index is 12.5. The topological polar surface area (TPSA) is 95.9 Å². The largest absolute Gasteiger partial charge is 0.466 e. The van der Waals surface area contributed by atoms with E-state index in [-0.39, 0.29) is 18.5 Å². The highest BCUT2D eigenvalue weighted by atomic mass is 16.5. The van der Waals surface area contributed by atoms with Crippen LogP contribution in [0.3, 0.4) is 0 Å². The predicted octanol–water partition coefficient (Wildman–Crippen LogP) is 22.1. The molecular weight excluding hydrogens is 935 g/mol. The smallest absolute Gasteiger partial charge is 0.305 e. The van der Waals surface area contributed by atoms with E-state index < -0.39 is 12.1 Å². The number of aliphatic hydroxyl groups excluding tert-OH is 2. The third kappa shape index (κ3) is 61.6. The van der Waals surface area contributed by atoms with Gasteiger partial charge in [-0.25, -0.2) is 0 Å². The molecule has 0 aromatic rings. The highest BCUT2D eigenvalue weighted by Gasteiger charge is 2.18. The van der Waals surface area contributed by atoms with Crippen molar-refractivity contribution in [1.29, 1.82) is 0 Å². The maximum absolute atomic E-state index is 12.5. The molecule has 1 amide bonds. The van der Waals surface area contributed by atoms with E-state index in [1.54, 1.807) is 6.08 Å². The van der Waals surface area contributed by atoms with Gasteiger partial charge in [0.15, 0.2) is 0 Å². The average Bonchev–Trinajstić information content (AvgIpc) is 3.42. The van der Waals surface area contributed by atoms with E-state index in [0.717, 1.165) is 44.9 Å². The molecule has 0 bridgehead atoms. The van der Waals surface area contributed by atoms with E-state index in [2.05, 4.69) is 31.3 Å². The van der Waals surface area contributed by atoms with E-state index in [4.69, 9.17) is 4.74 Å². The Hall–Kier alpha value is -1.66. The zero-order valence-electron chi connectivity index (χ0n) is 51.5. The summed E-state index contributed by atoms with van der Waals surface area (Å²) in [7, 11) is 0. The fraction of sp³-hybridized carbons (Fsp3) is 0.914. The number of esters is 1. The summed E-state index contributed by atoms with van der Waals surface area (Å²) in [6, 6.07) is -0.629. The number of hydrogen-bond acceptors (Lipinski definition) is 5. The van der Waals surface area contributed by atoms with Crippen LogP contribution in [-0.2, 0) is 14.3 Å². The van der Waals surface area contributed by atoms with Crippen molar-refractivity contribution in [2.24, 2.45) is 0 Å². The molecule has 0 spiro atoms. The zero-order valence-corrected chi connectivity index (χ0v) is 51.5. The highest BCUT2D eigenvalue weighted by Crippen LogP contribution is 2.19. The van der Waals surface area contributed by atoms with Gasteiger partial charge in [-0.1, -0.05) is 346 Å². The second-order valence-corrected chi connectivity index (χ2v) is 23.9. The Labute approximate surface area is 475 Å². The quantitative estimate of drug-likeness (QED) is 0.0320. The molecule has 6 nitrogen and oxygen atoms in total. The number of allylic oxidation sites excluding steroid dienone is 3. The molecule has 0 radical (unpaired) electrons. The van der Waals surface area contributed by atoms with Gasteiger partial charge in [-0.3, -0.25) is 9.59 Å². The first-order valence-corrected chi connectivity index (χ1v) is 34.6. The molecule has 0 fully saturated rings. The summed E-state index contributed by atoms with van der Waals surface area (Å²) in [4.78, 5) is 24.5. The summed E-state index contributed by atoms with van der Waals surface area (Å²) in [5.74, 6) is -0.0596. The SMILES string of the molecule is CCCC/C=C\CCCCCCCC(=O)OCCCCCCCCCCCCCCCCCCCCCCCCCC(=O)NC(CO)C(O)/C=C/CCCCCCCCCCCCCCCCCCCCCCCCC. The Morgan fingerprint density at radius 3 is 0.974 bits per heavy atom. The van der Waals surface area contributed by atoms with Gasteiger partial charge in [0, 0.05) is 12.8 Å². The number of rotatable bonds is 65. The van der Waals surface area contributed by atoms with Crippen LogP contribution in [0.4, 0.5) is 0 Å². The van der Waals surface area contributed by atoms with E-state index >= 15 is 0 Å². The van der Waals surface area contributed by atoms with Gasteiger partial charge in [0.2, 0.25) is 5.91 Å². The normalized spacial score (nSPS) is 12.6. The van der Waals surface area contributed by atoms with Gasteiger partial charge in [0.25, 0.3) is 0 Å². The number of unbranched alkanes of at least 4 members (excludes halogenated alkanes) is 52. The summed E-state index contributed by atoms with van der Waals surface area (Å²) < 4.78 is 5.46. The monoisotopic (exact) mass is 1070 g/mol. The Kier molecular flexibility index (Phi) is 64.4. The van der Waals surface area contributed by atoms with Crippen molar-refractivity contribution in [3.05, 3.63) is 24.3 Å². The molecule has 0 aromatic heterocycles. The van der Waals surface area contributed by atoms with Gasteiger partial charge in [-0.05, 0) is 51.4 Å². The van der Waals surface area contributed by atoms with Crippen molar-refractivity contribution in [3.63, 3.8) is 0 Å². The number of carbonyl (C=O) groups is 2. The number of aliphatic hydroxyl groups is 2. The van der Waals surface area contributed by atoms with Crippen molar-refractivity contribution in [2.75, 3.05) is 13.2 Å². The van der Waals surface area contributed by atoms with Crippen LogP contribution >= 0.6 is 0 Å². The van der Waals surface area contributed by atoms with Crippen molar-refractivity contribution in [3.8, 4) is 0 Å². The van der Waals surface area contributed by atoms with Crippen LogP contribution in [-0.4, -0.2) is 47.4 Å². The Balaban J connectivity index is 3.41. The van der Waals surface area contributed by atoms with E-state index in [0.29, 0.717) is 19.4 Å². The summed E-state index contributed by atoms with van der Waals surface area (Å²) in [5, 5.41) is 23.3. The molecule has 2 unspecified atom stereocenters. The van der Waals surface area contributed by atoms with Crippen LogP contribution < -0.4 is 5.32 Å². The molecule has 450 valence electrons. The molecule has 0 rings (SSSR count). The van der Waals surface area contributed by atoms with Crippen LogP contribution in [0.1, 0.15) is 386 Å². The van der Waals surface area contributed by atoms with E-state index in [1.807, 2.05) is 6.08 Å². The lowest BCUT2D eigenvalue weighted by molar-refractivity contribution is -0.143. The van der Waals surface area contributed by atoms with Gasteiger partial charge in [-0.15, -0.1) is 0 Å². The maximum Gasteiger partial charge on any atom is 0.305 e. The van der Waals surface area contributed by atoms with Crippen LogP contribution in [0.25, 0.3) is 0 Å². The fourth-order valence-corrected chi connectivity index (χ4v) is 10.9. The summed E-state index contributed by atoms with van der Waals surface area (Å²) in [5.41, 5.74) is 0. The molecule has 3 N–H and O–H groups in total. The molecule has 6 heteroatoms. The molecule has 0 aliphatic heterocycles. The lowest BCUT2D eigenvalue weighted by Gasteiger charge is -2.20. The molecule has 0 saturated heterocycles. The highest BCUT2D eigenvalue weighted by molar-refractivity contribution is 5.76. The molecule has 0 heterocycles. The molecular formula is C70H135NO5. The lowest BCUT2D eigenvalue weighted by atomic mass is 10.0. The Morgan fingerprint density at radius 2 is 0.632 bits per heavy atom. The first-order valence-electron chi connectivity index (χ1n) is 34.6. The number of carbonyl (C=O) groups excluding carboxylic acids is 2. The number of nitrogens with one attached hydrogen (secondary N) is 1. The standard InChI is InChI=1S/C70H135NO5/c1-3-5-7-9-11-13-15-16-17-18-19-20-21-22-24-27-30-33-36-39-43-46-50-54-58-62-68(73)67(66-72)71-69(74)63-59-55-51-47-44-40-37-34-31-28-25-23-26-29-32-35-38-41-45-49-53-57-61-65-76-70(75)64-60-56-52-48-42-14-12-10-8-6-4-2/h10,12,58,62,67-68,72-73H,3-9,11,13-57,59-61,63-66H2,1-2H3,(H,71,74)/b12-10-,62-58+. The van der Waals surface area contributed by atoms with Gasteiger partial charge >= 0.3 is 5.97 Å². The number of hydrogen-bond donors (Lipinski definition) is 3. The third-order valence-electron chi connectivity index (χ3n) is 16.2. The molecule has 0 aliphatic carbocycles. The summed E-state index contributed by atoms with van der Waals surface area (Å²) in [6.07, 6.45) is 82.5. The van der Waals surface area contributed by atoms with Crippen LogP contribution in [0.5, 0.6) is 0 Å². The second kappa shape index (κ2) is 65.9. The first-order chi connectivity index (χ1) is 37.5. The van der Waals surface area contributed by atoms with Gasteiger partial charge in [0.05, 0.1) is 25.4 Å². The summed E-state index contributed by atoms with van der Waals surface area (Å²) in [6.45, 7) is 4.90. The van der Waals surface area contributed by atoms with E-state index in [1.165, 1.54) is 315 Å². The van der Waals surface area contributed by atoms with Gasteiger partial charge in [0.1, 0.15) is 0 Å². The van der Waals surface area contributed by atoms with Crippen molar-refractivity contribution < 1.29 is 24.5 Å². The number of ether oxygens (including phenoxy) is 1. The Morgan fingerprint density at radius 1 is 0.355 bits per heavy atom. The van der Waals surface area contributed by atoms with Crippen molar-refractivity contribution in [2.45, 2.75) is 398 Å². The average molecular weight is 1070 g/mol. The third-order valence-corrected chi connectivity index (χ3v) is 16.2. The van der Waals surface area contributed by atoms with Crippen LogP contribution in [0.2, 0.25) is 0 Å². The van der Waals surface area contributed by atoms with Crippen molar-refractivity contribution >= 4 is 11.9 Å². The number of amides is 1. The molecule has 0 saturated carbocycles. The minimum absolute atomic E-state index is 0.00348. The zero-order chi connectivity index (χ0) is 55.0. The van der Waals surface area contributed by atoms with E-state index in [9.17, 15) is 19.8 Å². The fourth-order valence-electron chi connectivity index (χ4n) is 10.9. The second-order valence-electron chi connectivity index (χ2n) is 23.9. The molecule has 0 aliphatic rings. The van der Waals surface area contributed by atoms with Gasteiger partial charge < -0.3 is 20.3 Å². The molecule has 76 heavy (non-hydrogen) atoms. The minimum Gasteiger partial charge on any atom is -0.466 e. The predicted molar refractivity (Wildman–Crippen MR) is 333 cm³/mol. The molecule has 2 atom stereocenters. The van der Waals surface area contributed by atoms with Crippen LogP contribution in [0.15, 0.2) is 24.3 Å². The first kappa shape index (κ1) is 74.3. The Bertz CT molecular complexity index is 1190. The minimum atomic E-state index is -0.845. The van der Waals surface area contributed by atoms with Crippen molar-refractivity contribution in [1.82, 2.24) is 5.32 Å². The summed E-state index contributed by atoms with van der Waals surface area (Å²) >= 11 is 0. The van der Waals surface area contributed by atoms with Crippen LogP contribution in [0, 0.1) is 0 Å².